The number of alkyl halides is 3. The molecule has 0 radical (unpaired) electrons. The molecule has 1 spiro atoms. The van der Waals surface area contributed by atoms with Crippen LogP contribution < -0.4 is 16.0 Å². The minimum atomic E-state index is -4.37. The molecular weight excluding hydrogens is 321 g/mol. The maximum absolute atomic E-state index is 12.5. The molecule has 2 heterocycles. The van der Waals surface area contributed by atoms with Crippen LogP contribution in [-0.4, -0.2) is 49.2 Å². The number of urea groups is 1. The third kappa shape index (κ3) is 3.81. The number of carbonyl (C=O) groups excluding carboxylic acids is 1. The summed E-state index contributed by atoms with van der Waals surface area (Å²) in [5.74, 6) is 0. The number of halogens is 3. The second kappa shape index (κ2) is 6.60. The van der Waals surface area contributed by atoms with Crippen LogP contribution in [0.2, 0.25) is 0 Å². The van der Waals surface area contributed by atoms with Gasteiger partial charge in [-0.05, 0) is 37.1 Å². The average molecular weight is 342 g/mol. The summed E-state index contributed by atoms with van der Waals surface area (Å²) in [5, 5.41) is 9.57. The fraction of sp³-hybridized carbons (Fsp3) is 0.562. The van der Waals surface area contributed by atoms with Gasteiger partial charge in [0.05, 0.1) is 5.56 Å². The summed E-state index contributed by atoms with van der Waals surface area (Å²) in [6.07, 6.45) is -2.65. The maximum Gasteiger partial charge on any atom is 0.416 e. The molecule has 0 aromatic heterocycles. The molecule has 3 N–H and O–H groups in total. The lowest BCUT2D eigenvalue weighted by molar-refractivity contribution is -0.137. The molecule has 2 aliphatic rings. The summed E-state index contributed by atoms with van der Waals surface area (Å²) >= 11 is 0. The van der Waals surface area contributed by atoms with E-state index in [1.807, 2.05) is 0 Å². The number of benzene rings is 1. The highest BCUT2D eigenvalue weighted by atomic mass is 19.4. The predicted molar refractivity (Wildman–Crippen MR) is 84.9 cm³/mol. The molecule has 2 aliphatic heterocycles. The molecule has 24 heavy (non-hydrogen) atoms. The first-order valence-corrected chi connectivity index (χ1v) is 8.07. The number of amides is 2. The molecular formula is C16H21F3N4O. The van der Waals surface area contributed by atoms with Crippen LogP contribution in [0.3, 0.4) is 0 Å². The third-order valence-corrected chi connectivity index (χ3v) is 4.74. The van der Waals surface area contributed by atoms with Gasteiger partial charge in [0.1, 0.15) is 0 Å². The zero-order valence-corrected chi connectivity index (χ0v) is 13.2. The van der Waals surface area contributed by atoms with Gasteiger partial charge >= 0.3 is 12.2 Å². The number of carbonyl (C=O) groups is 1. The molecule has 0 atom stereocenters. The summed E-state index contributed by atoms with van der Waals surface area (Å²) in [7, 11) is 0. The Hall–Kier alpha value is -1.80. The molecule has 0 bridgehead atoms. The zero-order valence-electron chi connectivity index (χ0n) is 13.2. The van der Waals surface area contributed by atoms with Crippen LogP contribution in [0, 0.1) is 0 Å². The lowest BCUT2D eigenvalue weighted by Gasteiger charge is -2.45. The van der Waals surface area contributed by atoms with E-state index in [4.69, 9.17) is 0 Å². The molecule has 2 amide bonds. The Labute approximate surface area is 138 Å². The molecule has 1 aromatic carbocycles. The van der Waals surface area contributed by atoms with Crippen molar-refractivity contribution in [2.45, 2.75) is 24.6 Å². The van der Waals surface area contributed by atoms with Crippen LogP contribution in [0.25, 0.3) is 0 Å². The van der Waals surface area contributed by atoms with Gasteiger partial charge in [-0.3, -0.25) is 0 Å². The first-order chi connectivity index (χ1) is 11.4. The van der Waals surface area contributed by atoms with Gasteiger partial charge in [0.25, 0.3) is 0 Å². The van der Waals surface area contributed by atoms with Crippen LogP contribution in [0.4, 0.5) is 23.7 Å². The second-order valence-corrected chi connectivity index (χ2v) is 6.38. The van der Waals surface area contributed by atoms with E-state index in [1.165, 1.54) is 12.1 Å². The number of nitrogens with one attached hydrogen (secondary N) is 3. The lowest BCUT2D eigenvalue weighted by Crippen LogP contribution is -2.63. The predicted octanol–water partition coefficient (Wildman–Crippen LogP) is 2.26. The minimum Gasteiger partial charge on any atom is -0.324 e. The van der Waals surface area contributed by atoms with Gasteiger partial charge in [-0.25, -0.2) is 4.79 Å². The van der Waals surface area contributed by atoms with Gasteiger partial charge in [0.2, 0.25) is 0 Å². The maximum atomic E-state index is 12.5. The smallest absolute Gasteiger partial charge is 0.324 e. The van der Waals surface area contributed by atoms with Gasteiger partial charge < -0.3 is 20.9 Å². The van der Waals surface area contributed by atoms with Gasteiger partial charge in [-0.2, -0.15) is 13.2 Å². The number of hydrogen-bond donors (Lipinski definition) is 3. The SMILES string of the molecule is O=C(Nc1ccc(C(F)(F)F)cc1)N1CCC2(CC1)CNCCN2. The van der Waals surface area contributed by atoms with Crippen LogP contribution in [0.1, 0.15) is 18.4 Å². The summed E-state index contributed by atoms with van der Waals surface area (Å²) in [5.41, 5.74) is -0.300. The van der Waals surface area contributed by atoms with Crippen molar-refractivity contribution < 1.29 is 18.0 Å². The zero-order chi connectivity index (χ0) is 17.2. The van der Waals surface area contributed by atoms with Crippen LogP contribution in [-0.2, 0) is 6.18 Å². The van der Waals surface area contributed by atoms with Crippen molar-refractivity contribution in [1.29, 1.82) is 0 Å². The van der Waals surface area contributed by atoms with Crippen molar-refractivity contribution in [1.82, 2.24) is 15.5 Å². The molecule has 0 unspecified atom stereocenters. The monoisotopic (exact) mass is 342 g/mol. The van der Waals surface area contributed by atoms with E-state index in [9.17, 15) is 18.0 Å². The highest BCUT2D eigenvalue weighted by Crippen LogP contribution is 2.30. The Balaban J connectivity index is 1.54. The van der Waals surface area contributed by atoms with Crippen molar-refractivity contribution in [3.8, 4) is 0 Å². The molecule has 3 rings (SSSR count). The number of piperazine rings is 1. The van der Waals surface area contributed by atoms with E-state index in [0.717, 1.165) is 44.6 Å². The molecule has 2 fully saturated rings. The minimum absolute atomic E-state index is 0.0589. The van der Waals surface area contributed by atoms with E-state index in [0.29, 0.717) is 18.8 Å². The van der Waals surface area contributed by atoms with Crippen LogP contribution in [0.5, 0.6) is 0 Å². The van der Waals surface area contributed by atoms with Crippen molar-refractivity contribution in [2.24, 2.45) is 0 Å². The Bertz CT molecular complexity index is 572. The van der Waals surface area contributed by atoms with Crippen molar-refractivity contribution >= 4 is 11.7 Å². The van der Waals surface area contributed by atoms with Gasteiger partial charge in [-0.15, -0.1) is 0 Å². The fourth-order valence-corrected chi connectivity index (χ4v) is 3.24. The van der Waals surface area contributed by atoms with Crippen molar-refractivity contribution in [2.75, 3.05) is 38.0 Å². The highest BCUT2D eigenvalue weighted by Gasteiger charge is 2.36. The molecule has 2 saturated heterocycles. The quantitative estimate of drug-likeness (QED) is 0.734. The van der Waals surface area contributed by atoms with Crippen molar-refractivity contribution in [3.63, 3.8) is 0 Å². The standard InChI is InChI=1S/C16H21F3N4O/c17-16(18,19)12-1-3-13(4-2-12)22-14(24)23-9-5-15(6-10-23)11-20-7-8-21-15/h1-4,20-21H,5-11H2,(H,22,24). The van der Waals surface area contributed by atoms with Gasteiger partial charge in [0, 0.05) is 44.0 Å². The summed E-state index contributed by atoms with van der Waals surface area (Å²) in [6.45, 7) is 4.04. The number of nitrogens with zero attached hydrogens (tertiary/aromatic N) is 1. The summed E-state index contributed by atoms with van der Waals surface area (Å²) < 4.78 is 37.6. The molecule has 8 heteroatoms. The molecule has 0 saturated carbocycles. The fourth-order valence-electron chi connectivity index (χ4n) is 3.24. The third-order valence-electron chi connectivity index (χ3n) is 4.74. The lowest BCUT2D eigenvalue weighted by atomic mass is 9.86. The topological polar surface area (TPSA) is 56.4 Å². The largest absolute Gasteiger partial charge is 0.416 e. The van der Waals surface area contributed by atoms with Crippen LogP contribution >= 0.6 is 0 Å². The van der Waals surface area contributed by atoms with E-state index in [1.54, 1.807) is 4.90 Å². The van der Waals surface area contributed by atoms with E-state index in [-0.39, 0.29) is 11.6 Å². The van der Waals surface area contributed by atoms with E-state index < -0.39 is 11.7 Å². The van der Waals surface area contributed by atoms with E-state index >= 15 is 0 Å². The molecule has 1 aromatic rings. The van der Waals surface area contributed by atoms with E-state index in [2.05, 4.69) is 16.0 Å². The Morgan fingerprint density at radius 2 is 1.79 bits per heavy atom. The summed E-state index contributed by atoms with van der Waals surface area (Å²) in [6, 6.07) is 4.22. The number of hydrogen-bond acceptors (Lipinski definition) is 3. The number of likely N-dealkylation sites (tertiary alicyclic amines) is 1. The summed E-state index contributed by atoms with van der Waals surface area (Å²) in [4.78, 5) is 14.0. The second-order valence-electron chi connectivity index (χ2n) is 6.38. The average Bonchev–Trinajstić information content (AvgIpc) is 2.56. The number of piperidine rings is 1. The van der Waals surface area contributed by atoms with Crippen molar-refractivity contribution in [3.05, 3.63) is 29.8 Å². The Morgan fingerprint density at radius 1 is 1.12 bits per heavy atom. The molecule has 0 aliphatic carbocycles. The normalized spacial score (nSPS) is 20.9. The van der Waals surface area contributed by atoms with Gasteiger partial charge in [0.15, 0.2) is 0 Å². The first kappa shape index (κ1) is 17.0. The number of rotatable bonds is 1. The van der Waals surface area contributed by atoms with Crippen LogP contribution in [0.15, 0.2) is 24.3 Å². The molecule has 5 nitrogen and oxygen atoms in total. The first-order valence-electron chi connectivity index (χ1n) is 8.07. The Kier molecular flexibility index (Phi) is 4.69. The van der Waals surface area contributed by atoms with Gasteiger partial charge in [-0.1, -0.05) is 0 Å². The number of anilines is 1. The molecule has 132 valence electrons. The highest BCUT2D eigenvalue weighted by molar-refractivity contribution is 5.89. The Morgan fingerprint density at radius 3 is 2.33 bits per heavy atom.